The van der Waals surface area contributed by atoms with E-state index in [2.05, 4.69) is 71.9 Å². The molecule has 1 heterocycles. The largest absolute Gasteiger partial charge is 0.326 e. The van der Waals surface area contributed by atoms with E-state index in [-0.39, 0.29) is 0 Å². The maximum Gasteiger partial charge on any atom is 0.0346 e. The van der Waals surface area contributed by atoms with E-state index in [1.807, 2.05) is 11.3 Å². The van der Waals surface area contributed by atoms with E-state index in [9.17, 15) is 0 Å². The Morgan fingerprint density at radius 2 is 1.77 bits per heavy atom. The van der Waals surface area contributed by atoms with Crippen molar-refractivity contribution in [1.29, 1.82) is 0 Å². The van der Waals surface area contributed by atoms with Gasteiger partial charge >= 0.3 is 0 Å². The second kappa shape index (κ2) is 9.83. The highest BCUT2D eigenvalue weighted by Gasteiger charge is 2.02. The Morgan fingerprint density at radius 3 is 2.54 bits per heavy atom. The zero-order valence-corrected chi connectivity index (χ0v) is 16.4. The van der Waals surface area contributed by atoms with Gasteiger partial charge in [-0.05, 0) is 55.1 Å². The lowest BCUT2D eigenvalue weighted by atomic mass is 10.1. The van der Waals surface area contributed by atoms with Crippen LogP contribution in [-0.4, -0.2) is 31.6 Å². The number of fused-ring (bicyclic) bond motifs is 1. The lowest BCUT2D eigenvalue weighted by Gasteiger charge is -2.16. The number of hydrogen-bond donors (Lipinski definition) is 2. The summed E-state index contributed by atoms with van der Waals surface area (Å²) in [5, 5.41) is 4.92. The molecule has 0 saturated heterocycles. The van der Waals surface area contributed by atoms with Gasteiger partial charge in [-0.3, -0.25) is 0 Å². The predicted molar refractivity (Wildman–Crippen MR) is 114 cm³/mol. The Bertz CT molecular complexity index is 762. The molecule has 0 fully saturated rings. The molecule has 0 saturated carbocycles. The van der Waals surface area contributed by atoms with Crippen LogP contribution >= 0.6 is 11.3 Å². The van der Waals surface area contributed by atoms with Crippen molar-refractivity contribution in [3.8, 4) is 0 Å². The van der Waals surface area contributed by atoms with E-state index in [0.29, 0.717) is 6.54 Å². The Morgan fingerprint density at radius 1 is 1.00 bits per heavy atom. The number of rotatable bonds is 10. The summed E-state index contributed by atoms with van der Waals surface area (Å²) in [5.41, 5.74) is 8.25. The fourth-order valence-electron chi connectivity index (χ4n) is 3.11. The molecule has 0 unspecified atom stereocenters. The first-order valence-electron chi connectivity index (χ1n) is 9.39. The molecule has 2 aromatic carbocycles. The van der Waals surface area contributed by atoms with Crippen molar-refractivity contribution in [2.45, 2.75) is 25.9 Å². The molecule has 0 aliphatic rings. The molecule has 1 aromatic heterocycles. The maximum absolute atomic E-state index is 5.64. The smallest absolute Gasteiger partial charge is 0.0346 e. The molecule has 0 aliphatic heterocycles. The number of nitrogens with one attached hydrogen (secondary N) is 1. The summed E-state index contributed by atoms with van der Waals surface area (Å²) in [5.74, 6) is 0. The molecular formula is C22H29N3S. The fourth-order valence-corrected chi connectivity index (χ4v) is 4.15. The summed E-state index contributed by atoms with van der Waals surface area (Å²) in [6, 6.07) is 19.6. The van der Waals surface area contributed by atoms with Crippen LogP contribution in [0, 0.1) is 0 Å². The van der Waals surface area contributed by atoms with Gasteiger partial charge in [0, 0.05) is 35.8 Å². The number of aryl methyl sites for hydroxylation is 1. The number of thiophene rings is 1. The third-order valence-corrected chi connectivity index (χ3v) is 5.83. The van der Waals surface area contributed by atoms with Gasteiger partial charge in [0.2, 0.25) is 0 Å². The lowest BCUT2D eigenvalue weighted by molar-refractivity contribution is 0.327. The number of hydrogen-bond acceptors (Lipinski definition) is 4. The minimum atomic E-state index is 0.623. The van der Waals surface area contributed by atoms with Crippen LogP contribution in [0.4, 0.5) is 0 Å². The summed E-state index contributed by atoms with van der Waals surface area (Å²) in [6.45, 7) is 4.81. The van der Waals surface area contributed by atoms with E-state index in [1.54, 1.807) is 0 Å². The first-order chi connectivity index (χ1) is 12.7. The van der Waals surface area contributed by atoms with Gasteiger partial charge in [0.05, 0.1) is 0 Å². The van der Waals surface area contributed by atoms with Gasteiger partial charge in [0.25, 0.3) is 0 Å². The van der Waals surface area contributed by atoms with Crippen LogP contribution < -0.4 is 11.1 Å². The molecule has 26 heavy (non-hydrogen) atoms. The molecule has 0 atom stereocenters. The van der Waals surface area contributed by atoms with Crippen LogP contribution in [0.15, 0.2) is 54.6 Å². The molecule has 4 heteroatoms. The topological polar surface area (TPSA) is 41.3 Å². The zero-order valence-electron chi connectivity index (χ0n) is 15.6. The van der Waals surface area contributed by atoms with E-state index in [0.717, 1.165) is 32.6 Å². The van der Waals surface area contributed by atoms with Crippen LogP contribution in [0.3, 0.4) is 0 Å². The van der Waals surface area contributed by atoms with Gasteiger partial charge in [0.15, 0.2) is 0 Å². The zero-order chi connectivity index (χ0) is 18.2. The monoisotopic (exact) mass is 367 g/mol. The van der Waals surface area contributed by atoms with Crippen LogP contribution in [0.1, 0.15) is 22.4 Å². The summed E-state index contributed by atoms with van der Waals surface area (Å²) < 4.78 is 1.38. The summed E-state index contributed by atoms with van der Waals surface area (Å²) in [6.07, 6.45) is 2.32. The fraction of sp³-hybridized carbons (Fsp3) is 0.364. The van der Waals surface area contributed by atoms with Crippen molar-refractivity contribution < 1.29 is 0 Å². The minimum Gasteiger partial charge on any atom is -0.326 e. The number of likely N-dealkylation sites (N-methyl/N-ethyl adjacent to an activating group) is 1. The number of nitrogens with two attached hydrogens (primary N) is 1. The third kappa shape index (κ3) is 5.64. The number of nitrogens with zero attached hydrogens (tertiary/aromatic N) is 1. The molecule has 0 bridgehead atoms. The molecule has 3 aromatic rings. The highest BCUT2D eigenvalue weighted by Crippen LogP contribution is 2.24. The summed E-state index contributed by atoms with van der Waals surface area (Å²) >= 11 is 1.89. The molecule has 0 amide bonds. The van der Waals surface area contributed by atoms with Crippen LogP contribution in [0.25, 0.3) is 10.1 Å². The lowest BCUT2D eigenvalue weighted by Crippen LogP contribution is -2.29. The Kier molecular flexibility index (Phi) is 7.21. The molecular weight excluding hydrogens is 338 g/mol. The van der Waals surface area contributed by atoms with Crippen LogP contribution in [-0.2, 0) is 19.5 Å². The first kappa shape index (κ1) is 19.1. The standard InChI is InChI=1S/C22H29N3S/c1-25(13-4-5-18-8-10-19(16-23)11-9-18)14-12-24-17-21-15-20-6-2-3-7-22(20)26-21/h2-3,6-11,15,24H,4-5,12-14,16-17,23H2,1H3. The van der Waals surface area contributed by atoms with Crippen molar-refractivity contribution in [1.82, 2.24) is 10.2 Å². The Balaban J connectivity index is 1.30. The van der Waals surface area contributed by atoms with Gasteiger partial charge in [0.1, 0.15) is 0 Å². The molecule has 138 valence electrons. The van der Waals surface area contributed by atoms with Crippen molar-refractivity contribution >= 4 is 21.4 Å². The molecule has 0 spiro atoms. The predicted octanol–water partition coefficient (Wildman–Crippen LogP) is 4.01. The van der Waals surface area contributed by atoms with Crippen molar-refractivity contribution in [2.75, 3.05) is 26.7 Å². The minimum absolute atomic E-state index is 0.623. The van der Waals surface area contributed by atoms with Gasteiger partial charge in [-0.1, -0.05) is 42.5 Å². The van der Waals surface area contributed by atoms with E-state index >= 15 is 0 Å². The summed E-state index contributed by atoms with van der Waals surface area (Å²) in [7, 11) is 2.21. The first-order valence-corrected chi connectivity index (χ1v) is 10.2. The normalized spacial score (nSPS) is 11.5. The third-order valence-electron chi connectivity index (χ3n) is 4.71. The average Bonchev–Trinajstić information content (AvgIpc) is 3.09. The summed E-state index contributed by atoms with van der Waals surface area (Å²) in [4.78, 5) is 3.82. The van der Waals surface area contributed by atoms with E-state index < -0.39 is 0 Å². The molecule has 3 N–H and O–H groups in total. The van der Waals surface area contributed by atoms with Gasteiger partial charge in [-0.15, -0.1) is 11.3 Å². The Labute approximate surface area is 160 Å². The highest BCUT2D eigenvalue weighted by molar-refractivity contribution is 7.19. The molecule has 0 aliphatic carbocycles. The van der Waals surface area contributed by atoms with Gasteiger partial charge in [-0.2, -0.15) is 0 Å². The molecule has 3 rings (SSSR count). The Hall–Kier alpha value is -1.72. The van der Waals surface area contributed by atoms with E-state index in [4.69, 9.17) is 5.73 Å². The van der Waals surface area contributed by atoms with Crippen molar-refractivity contribution in [3.63, 3.8) is 0 Å². The van der Waals surface area contributed by atoms with Crippen LogP contribution in [0.5, 0.6) is 0 Å². The highest BCUT2D eigenvalue weighted by atomic mass is 32.1. The maximum atomic E-state index is 5.64. The number of benzene rings is 2. The second-order valence-electron chi connectivity index (χ2n) is 6.85. The average molecular weight is 368 g/mol. The van der Waals surface area contributed by atoms with Gasteiger partial charge < -0.3 is 16.0 Å². The van der Waals surface area contributed by atoms with Crippen molar-refractivity contribution in [2.24, 2.45) is 5.73 Å². The molecule has 0 radical (unpaired) electrons. The quantitative estimate of drug-likeness (QED) is 0.532. The van der Waals surface area contributed by atoms with Crippen LogP contribution in [0.2, 0.25) is 0 Å². The molecule has 3 nitrogen and oxygen atoms in total. The van der Waals surface area contributed by atoms with Gasteiger partial charge in [-0.25, -0.2) is 0 Å². The van der Waals surface area contributed by atoms with E-state index in [1.165, 1.54) is 32.5 Å². The second-order valence-corrected chi connectivity index (χ2v) is 8.02. The SMILES string of the molecule is CN(CCCc1ccc(CN)cc1)CCNCc1cc2ccccc2s1. The van der Waals surface area contributed by atoms with Crippen molar-refractivity contribution in [3.05, 3.63) is 70.6 Å².